The van der Waals surface area contributed by atoms with Gasteiger partial charge in [0.25, 0.3) is 5.91 Å². The molecule has 0 aliphatic carbocycles. The zero-order valence-corrected chi connectivity index (χ0v) is 15.6. The number of benzene rings is 2. The molecule has 1 aliphatic rings. The molecule has 1 aliphatic heterocycles. The highest BCUT2D eigenvalue weighted by atomic mass is 35.5. The molecule has 0 saturated carbocycles. The minimum Gasteiger partial charge on any atom is -0.322 e. The van der Waals surface area contributed by atoms with Gasteiger partial charge in [-0.25, -0.2) is 0 Å². The summed E-state index contributed by atoms with van der Waals surface area (Å²) in [5.74, 6) is 1.70. The first-order valence-corrected chi connectivity index (χ1v) is 9.94. The molecule has 0 bridgehead atoms. The van der Waals surface area contributed by atoms with Gasteiger partial charge in [0.15, 0.2) is 0 Å². The van der Waals surface area contributed by atoms with Crippen LogP contribution in [0.5, 0.6) is 0 Å². The predicted molar refractivity (Wildman–Crippen MR) is 107 cm³/mol. The Morgan fingerprint density at radius 2 is 2.17 bits per heavy atom. The fourth-order valence-corrected chi connectivity index (χ4v) is 4.61. The molecule has 124 valence electrons. The lowest BCUT2D eigenvalue weighted by atomic mass is 10.1. The Kier molecular flexibility index (Phi) is 5.87. The molecule has 6 heteroatoms. The molecule has 0 saturated heterocycles. The van der Waals surface area contributed by atoms with Crippen molar-refractivity contribution in [2.75, 3.05) is 17.6 Å². The highest BCUT2D eigenvalue weighted by molar-refractivity contribution is 8.38. The van der Waals surface area contributed by atoms with Crippen LogP contribution in [-0.2, 0) is 5.75 Å². The summed E-state index contributed by atoms with van der Waals surface area (Å²) >= 11 is 9.45. The van der Waals surface area contributed by atoms with E-state index in [2.05, 4.69) is 10.3 Å². The summed E-state index contributed by atoms with van der Waals surface area (Å²) in [7, 11) is 0. The molecule has 3 rings (SSSR count). The molecule has 0 spiro atoms. The summed E-state index contributed by atoms with van der Waals surface area (Å²) in [6.07, 6.45) is 0. The van der Waals surface area contributed by atoms with Crippen LogP contribution in [0.3, 0.4) is 0 Å². The number of anilines is 1. The van der Waals surface area contributed by atoms with Crippen molar-refractivity contribution in [1.82, 2.24) is 0 Å². The lowest BCUT2D eigenvalue weighted by Crippen LogP contribution is -2.14. The third kappa shape index (κ3) is 4.35. The normalized spacial score (nSPS) is 13.7. The minimum atomic E-state index is -0.0994. The molecule has 0 unspecified atom stereocenters. The SMILES string of the molecule is Cc1cc(Cl)ccc1NC(=O)c1ccccc1CSC1=NCCS1. The van der Waals surface area contributed by atoms with Crippen molar-refractivity contribution in [3.05, 3.63) is 64.2 Å². The maximum Gasteiger partial charge on any atom is 0.255 e. The van der Waals surface area contributed by atoms with Gasteiger partial charge < -0.3 is 5.32 Å². The van der Waals surface area contributed by atoms with E-state index in [9.17, 15) is 4.79 Å². The highest BCUT2D eigenvalue weighted by Gasteiger charge is 2.14. The van der Waals surface area contributed by atoms with Crippen LogP contribution >= 0.6 is 35.1 Å². The van der Waals surface area contributed by atoms with Gasteiger partial charge in [0.2, 0.25) is 0 Å². The van der Waals surface area contributed by atoms with Crippen LogP contribution in [0.1, 0.15) is 21.5 Å². The van der Waals surface area contributed by atoms with Crippen molar-refractivity contribution in [3.63, 3.8) is 0 Å². The van der Waals surface area contributed by atoms with Gasteiger partial charge in [0, 0.05) is 27.8 Å². The van der Waals surface area contributed by atoms with Gasteiger partial charge in [-0.3, -0.25) is 9.79 Å². The summed E-state index contributed by atoms with van der Waals surface area (Å²) in [4.78, 5) is 17.1. The first-order chi connectivity index (χ1) is 11.6. The first-order valence-electron chi connectivity index (χ1n) is 7.59. The quantitative estimate of drug-likeness (QED) is 0.793. The third-order valence-corrected chi connectivity index (χ3v) is 6.14. The topological polar surface area (TPSA) is 41.5 Å². The van der Waals surface area contributed by atoms with Crippen LogP contribution < -0.4 is 5.32 Å². The molecule has 1 N–H and O–H groups in total. The fraction of sp³-hybridized carbons (Fsp3) is 0.222. The van der Waals surface area contributed by atoms with E-state index < -0.39 is 0 Å². The largest absolute Gasteiger partial charge is 0.322 e. The number of carbonyl (C=O) groups is 1. The summed E-state index contributed by atoms with van der Waals surface area (Å²) in [6, 6.07) is 13.2. The van der Waals surface area contributed by atoms with Crippen molar-refractivity contribution < 1.29 is 4.79 Å². The Hall–Kier alpha value is -1.43. The zero-order chi connectivity index (χ0) is 16.9. The van der Waals surface area contributed by atoms with E-state index in [1.165, 1.54) is 0 Å². The van der Waals surface area contributed by atoms with Crippen LogP contribution in [0.4, 0.5) is 5.69 Å². The number of hydrogen-bond acceptors (Lipinski definition) is 4. The number of aryl methyl sites for hydroxylation is 1. The van der Waals surface area contributed by atoms with Crippen LogP contribution in [0.25, 0.3) is 0 Å². The molecule has 2 aromatic carbocycles. The van der Waals surface area contributed by atoms with Crippen LogP contribution in [0.15, 0.2) is 47.5 Å². The predicted octanol–water partition coefficient (Wildman–Crippen LogP) is 5.24. The van der Waals surface area contributed by atoms with Crippen molar-refractivity contribution in [1.29, 1.82) is 0 Å². The molecule has 2 aromatic rings. The van der Waals surface area contributed by atoms with Gasteiger partial charge in [-0.2, -0.15) is 0 Å². The van der Waals surface area contributed by atoms with E-state index in [0.717, 1.165) is 39.2 Å². The second kappa shape index (κ2) is 8.10. The molecule has 0 radical (unpaired) electrons. The highest BCUT2D eigenvalue weighted by Crippen LogP contribution is 2.27. The van der Waals surface area contributed by atoms with Crippen LogP contribution in [0.2, 0.25) is 5.02 Å². The Labute approximate surface area is 155 Å². The fourth-order valence-electron chi connectivity index (χ4n) is 2.37. The number of halogens is 1. The van der Waals surface area contributed by atoms with E-state index in [1.54, 1.807) is 29.6 Å². The monoisotopic (exact) mass is 376 g/mol. The van der Waals surface area contributed by atoms with Crippen LogP contribution in [0, 0.1) is 6.92 Å². The third-order valence-electron chi connectivity index (χ3n) is 3.61. The lowest BCUT2D eigenvalue weighted by molar-refractivity contribution is 0.102. The second-order valence-corrected chi connectivity index (χ2v) is 8.10. The van der Waals surface area contributed by atoms with Gasteiger partial charge >= 0.3 is 0 Å². The maximum absolute atomic E-state index is 12.7. The summed E-state index contributed by atoms with van der Waals surface area (Å²) in [5.41, 5.74) is 3.44. The summed E-state index contributed by atoms with van der Waals surface area (Å²) in [6.45, 7) is 2.82. The van der Waals surface area contributed by atoms with Gasteiger partial charge in [-0.1, -0.05) is 53.3 Å². The Bertz CT molecular complexity index is 792. The Balaban J connectivity index is 1.74. The van der Waals surface area contributed by atoms with Crippen molar-refractivity contribution in [2.45, 2.75) is 12.7 Å². The molecular weight excluding hydrogens is 360 g/mol. The van der Waals surface area contributed by atoms with Crippen molar-refractivity contribution in [3.8, 4) is 0 Å². The average Bonchev–Trinajstić information content (AvgIpc) is 3.09. The van der Waals surface area contributed by atoms with Crippen LogP contribution in [-0.4, -0.2) is 22.6 Å². The number of aliphatic imine (C=N–C) groups is 1. The molecule has 1 amide bonds. The smallest absolute Gasteiger partial charge is 0.255 e. The number of carbonyl (C=O) groups excluding carboxylic acids is 1. The zero-order valence-electron chi connectivity index (χ0n) is 13.2. The van der Waals surface area contributed by atoms with E-state index in [0.29, 0.717) is 10.6 Å². The number of nitrogens with zero attached hydrogens (tertiary/aromatic N) is 1. The van der Waals surface area contributed by atoms with Gasteiger partial charge in [0.05, 0.1) is 6.54 Å². The number of thioether (sulfide) groups is 2. The minimum absolute atomic E-state index is 0.0994. The number of rotatable bonds is 4. The van der Waals surface area contributed by atoms with E-state index in [4.69, 9.17) is 11.6 Å². The van der Waals surface area contributed by atoms with Crippen molar-refractivity contribution in [2.24, 2.45) is 4.99 Å². The van der Waals surface area contributed by atoms with Crippen molar-refractivity contribution >= 4 is 51.1 Å². The molecular formula is C18H17ClN2OS2. The maximum atomic E-state index is 12.7. The number of hydrogen-bond donors (Lipinski definition) is 1. The molecule has 0 atom stereocenters. The number of nitrogens with one attached hydrogen (secondary N) is 1. The Morgan fingerprint density at radius 1 is 1.33 bits per heavy atom. The number of amides is 1. The molecule has 0 aromatic heterocycles. The second-order valence-electron chi connectivity index (χ2n) is 5.36. The molecule has 0 fully saturated rings. The first kappa shape index (κ1) is 17.4. The molecule has 24 heavy (non-hydrogen) atoms. The Morgan fingerprint density at radius 3 is 2.92 bits per heavy atom. The lowest BCUT2D eigenvalue weighted by Gasteiger charge is -2.12. The summed E-state index contributed by atoms with van der Waals surface area (Å²) < 4.78 is 1.11. The average molecular weight is 377 g/mol. The van der Waals surface area contributed by atoms with E-state index in [1.807, 2.05) is 43.3 Å². The summed E-state index contributed by atoms with van der Waals surface area (Å²) in [5, 5.41) is 3.64. The standard InChI is InChI=1S/C18H17ClN2OS2/c1-12-10-14(19)6-7-16(12)21-17(22)15-5-3-2-4-13(15)11-24-18-20-8-9-23-18/h2-7,10H,8-9,11H2,1H3,(H,21,22). The van der Waals surface area contributed by atoms with Gasteiger partial charge in [-0.15, -0.1) is 0 Å². The van der Waals surface area contributed by atoms with Gasteiger partial charge in [0.1, 0.15) is 4.38 Å². The van der Waals surface area contributed by atoms with E-state index in [-0.39, 0.29) is 5.91 Å². The molecule has 3 nitrogen and oxygen atoms in total. The molecule has 1 heterocycles. The van der Waals surface area contributed by atoms with Gasteiger partial charge in [-0.05, 0) is 42.3 Å². The van der Waals surface area contributed by atoms with E-state index >= 15 is 0 Å².